The topological polar surface area (TPSA) is 35.8 Å². The van der Waals surface area contributed by atoms with Crippen LogP contribution in [0.15, 0.2) is 24.3 Å². The van der Waals surface area contributed by atoms with Crippen molar-refractivity contribution in [2.75, 3.05) is 13.1 Å². The monoisotopic (exact) mass is 218 g/mol. The van der Waals surface area contributed by atoms with Crippen LogP contribution in [0.2, 0.25) is 0 Å². The standard InChI is InChI=1S/C13H15FN2/c14-12-3-1-10(2-4-12)13(9-15)11-5-7-16-8-6-11/h1-4,11,13,16H,5-8H2. The Kier molecular flexibility index (Phi) is 3.53. The van der Waals surface area contributed by atoms with Gasteiger partial charge in [-0.15, -0.1) is 0 Å². The highest BCUT2D eigenvalue weighted by Gasteiger charge is 2.24. The molecule has 0 bridgehead atoms. The number of hydrogen-bond donors (Lipinski definition) is 1. The average Bonchev–Trinajstić information content (AvgIpc) is 2.34. The lowest BCUT2D eigenvalue weighted by Crippen LogP contribution is -2.30. The van der Waals surface area contributed by atoms with Gasteiger partial charge in [0.1, 0.15) is 5.82 Å². The summed E-state index contributed by atoms with van der Waals surface area (Å²) in [6, 6.07) is 8.67. The van der Waals surface area contributed by atoms with Gasteiger partial charge in [0.05, 0.1) is 12.0 Å². The van der Waals surface area contributed by atoms with Crippen molar-refractivity contribution < 1.29 is 4.39 Å². The molecule has 1 unspecified atom stereocenters. The van der Waals surface area contributed by atoms with Gasteiger partial charge in [0.2, 0.25) is 0 Å². The maximum absolute atomic E-state index is 12.8. The van der Waals surface area contributed by atoms with Gasteiger partial charge in [-0.3, -0.25) is 0 Å². The molecule has 0 radical (unpaired) electrons. The number of rotatable bonds is 2. The Labute approximate surface area is 95.1 Å². The molecule has 2 nitrogen and oxygen atoms in total. The molecule has 16 heavy (non-hydrogen) atoms. The summed E-state index contributed by atoms with van der Waals surface area (Å²) in [5, 5.41) is 12.5. The van der Waals surface area contributed by atoms with Crippen LogP contribution in [0.5, 0.6) is 0 Å². The molecule has 1 N–H and O–H groups in total. The van der Waals surface area contributed by atoms with Crippen molar-refractivity contribution >= 4 is 0 Å². The summed E-state index contributed by atoms with van der Waals surface area (Å²) in [6.45, 7) is 1.95. The predicted octanol–water partition coefficient (Wildman–Crippen LogP) is 2.43. The zero-order chi connectivity index (χ0) is 11.4. The molecule has 1 heterocycles. The van der Waals surface area contributed by atoms with E-state index in [9.17, 15) is 9.65 Å². The van der Waals surface area contributed by atoms with E-state index in [4.69, 9.17) is 0 Å². The van der Waals surface area contributed by atoms with E-state index in [2.05, 4.69) is 11.4 Å². The molecule has 0 aromatic heterocycles. The van der Waals surface area contributed by atoms with E-state index in [0.29, 0.717) is 5.92 Å². The van der Waals surface area contributed by atoms with Crippen molar-refractivity contribution in [3.8, 4) is 6.07 Å². The van der Waals surface area contributed by atoms with Gasteiger partial charge in [-0.1, -0.05) is 12.1 Å². The number of piperidine rings is 1. The number of hydrogen-bond acceptors (Lipinski definition) is 2. The van der Waals surface area contributed by atoms with Crippen LogP contribution in [0, 0.1) is 23.1 Å². The highest BCUT2D eigenvalue weighted by atomic mass is 19.1. The largest absolute Gasteiger partial charge is 0.317 e. The first kappa shape index (κ1) is 11.1. The summed E-state index contributed by atoms with van der Waals surface area (Å²) in [4.78, 5) is 0. The van der Waals surface area contributed by atoms with E-state index in [0.717, 1.165) is 31.5 Å². The van der Waals surface area contributed by atoms with E-state index in [1.165, 1.54) is 12.1 Å². The third-order valence-corrected chi connectivity index (χ3v) is 3.22. The Morgan fingerprint density at radius 3 is 2.44 bits per heavy atom. The Bertz CT molecular complexity index is 374. The molecule has 84 valence electrons. The van der Waals surface area contributed by atoms with Gasteiger partial charge < -0.3 is 5.32 Å². The van der Waals surface area contributed by atoms with Crippen molar-refractivity contribution in [2.45, 2.75) is 18.8 Å². The van der Waals surface area contributed by atoms with Crippen LogP contribution in [0.3, 0.4) is 0 Å². The van der Waals surface area contributed by atoms with Crippen molar-refractivity contribution in [2.24, 2.45) is 5.92 Å². The van der Waals surface area contributed by atoms with Crippen LogP contribution >= 0.6 is 0 Å². The lowest BCUT2D eigenvalue weighted by Gasteiger charge is -2.26. The van der Waals surface area contributed by atoms with Gasteiger partial charge in [-0.25, -0.2) is 4.39 Å². The van der Waals surface area contributed by atoms with Crippen LogP contribution in [0.1, 0.15) is 24.3 Å². The van der Waals surface area contributed by atoms with E-state index < -0.39 is 0 Å². The van der Waals surface area contributed by atoms with Gasteiger partial charge in [-0.05, 0) is 49.5 Å². The zero-order valence-corrected chi connectivity index (χ0v) is 9.12. The normalized spacial score (nSPS) is 19.0. The molecule has 0 saturated carbocycles. The highest BCUT2D eigenvalue weighted by Crippen LogP contribution is 2.30. The van der Waals surface area contributed by atoms with Gasteiger partial charge in [0, 0.05) is 0 Å². The zero-order valence-electron chi connectivity index (χ0n) is 9.12. The maximum Gasteiger partial charge on any atom is 0.123 e. The van der Waals surface area contributed by atoms with Crippen molar-refractivity contribution in [3.05, 3.63) is 35.6 Å². The summed E-state index contributed by atoms with van der Waals surface area (Å²) < 4.78 is 12.8. The van der Waals surface area contributed by atoms with Gasteiger partial charge in [0.25, 0.3) is 0 Å². The molecule has 1 fully saturated rings. The molecule has 1 aromatic rings. The molecule has 1 aliphatic heterocycles. The summed E-state index contributed by atoms with van der Waals surface area (Å²) >= 11 is 0. The smallest absolute Gasteiger partial charge is 0.123 e. The Morgan fingerprint density at radius 2 is 1.88 bits per heavy atom. The van der Waals surface area contributed by atoms with E-state index in [1.807, 2.05) is 0 Å². The molecule has 0 spiro atoms. The number of halogens is 1. The Balaban J connectivity index is 2.15. The summed E-state index contributed by atoms with van der Waals surface area (Å²) in [5.41, 5.74) is 0.941. The second kappa shape index (κ2) is 5.09. The Morgan fingerprint density at radius 1 is 1.25 bits per heavy atom. The second-order valence-corrected chi connectivity index (χ2v) is 4.25. The van der Waals surface area contributed by atoms with E-state index >= 15 is 0 Å². The van der Waals surface area contributed by atoms with Crippen LogP contribution in [0.4, 0.5) is 4.39 Å². The molecule has 2 rings (SSSR count). The second-order valence-electron chi connectivity index (χ2n) is 4.25. The lowest BCUT2D eigenvalue weighted by atomic mass is 9.81. The summed E-state index contributed by atoms with van der Waals surface area (Å²) in [5.74, 6) is 0.0603. The number of benzene rings is 1. The first-order chi connectivity index (χ1) is 7.81. The molecule has 0 amide bonds. The molecule has 3 heteroatoms. The van der Waals surface area contributed by atoms with Crippen LogP contribution in [-0.2, 0) is 0 Å². The molecule has 1 saturated heterocycles. The quantitative estimate of drug-likeness (QED) is 0.827. The molecule has 1 aromatic carbocycles. The first-order valence-electron chi connectivity index (χ1n) is 5.67. The number of nitrogens with one attached hydrogen (secondary N) is 1. The van der Waals surface area contributed by atoms with Gasteiger partial charge in [-0.2, -0.15) is 5.26 Å². The van der Waals surface area contributed by atoms with Crippen LogP contribution in [-0.4, -0.2) is 13.1 Å². The fourth-order valence-corrected chi connectivity index (χ4v) is 2.30. The molecular weight excluding hydrogens is 203 g/mol. The Hall–Kier alpha value is -1.40. The van der Waals surface area contributed by atoms with Crippen LogP contribution in [0.25, 0.3) is 0 Å². The predicted molar refractivity (Wildman–Crippen MR) is 60.3 cm³/mol. The minimum Gasteiger partial charge on any atom is -0.317 e. The first-order valence-corrected chi connectivity index (χ1v) is 5.67. The van der Waals surface area contributed by atoms with E-state index in [1.54, 1.807) is 12.1 Å². The van der Waals surface area contributed by atoms with Crippen molar-refractivity contribution in [1.82, 2.24) is 5.32 Å². The summed E-state index contributed by atoms with van der Waals surface area (Å²) in [7, 11) is 0. The average molecular weight is 218 g/mol. The van der Waals surface area contributed by atoms with E-state index in [-0.39, 0.29) is 11.7 Å². The highest BCUT2D eigenvalue weighted by molar-refractivity contribution is 5.26. The number of nitriles is 1. The van der Waals surface area contributed by atoms with Gasteiger partial charge >= 0.3 is 0 Å². The van der Waals surface area contributed by atoms with Crippen LogP contribution < -0.4 is 5.32 Å². The molecule has 1 atom stereocenters. The van der Waals surface area contributed by atoms with Gasteiger partial charge in [0.15, 0.2) is 0 Å². The third kappa shape index (κ3) is 2.40. The lowest BCUT2D eigenvalue weighted by molar-refractivity contribution is 0.350. The molecular formula is C13H15FN2. The third-order valence-electron chi connectivity index (χ3n) is 3.22. The minimum absolute atomic E-state index is 0.0947. The minimum atomic E-state index is -0.245. The molecule has 0 aliphatic carbocycles. The fourth-order valence-electron chi connectivity index (χ4n) is 2.30. The molecule has 1 aliphatic rings. The fraction of sp³-hybridized carbons (Fsp3) is 0.462. The van der Waals surface area contributed by atoms with Crippen molar-refractivity contribution in [3.63, 3.8) is 0 Å². The maximum atomic E-state index is 12.8. The van der Waals surface area contributed by atoms with Crippen molar-refractivity contribution in [1.29, 1.82) is 5.26 Å². The number of nitrogens with zero attached hydrogens (tertiary/aromatic N) is 1. The summed E-state index contributed by atoms with van der Waals surface area (Å²) in [6.07, 6.45) is 2.05. The SMILES string of the molecule is N#CC(c1ccc(F)cc1)C1CCNCC1.